The van der Waals surface area contributed by atoms with Gasteiger partial charge in [-0.3, -0.25) is 4.79 Å². The molecule has 2 heterocycles. The van der Waals surface area contributed by atoms with E-state index >= 15 is 0 Å². The molecule has 0 amide bonds. The Hall–Kier alpha value is -2.58. The van der Waals surface area contributed by atoms with Crippen molar-refractivity contribution in [2.45, 2.75) is 51.7 Å². The van der Waals surface area contributed by atoms with Crippen molar-refractivity contribution in [3.63, 3.8) is 0 Å². The summed E-state index contributed by atoms with van der Waals surface area (Å²) < 4.78 is 25.7. The number of methoxy groups -OCH3 is 1. The lowest BCUT2D eigenvalue weighted by atomic mass is 9.95. The molecule has 158 valence electrons. The molecule has 8 heteroatoms. The van der Waals surface area contributed by atoms with Crippen molar-refractivity contribution in [1.82, 2.24) is 9.97 Å². The van der Waals surface area contributed by atoms with Crippen molar-refractivity contribution in [2.24, 2.45) is 0 Å². The van der Waals surface area contributed by atoms with E-state index in [2.05, 4.69) is 15.3 Å². The van der Waals surface area contributed by atoms with Crippen molar-refractivity contribution in [3.8, 4) is 5.75 Å². The Labute approximate surface area is 178 Å². The molecule has 1 N–H and O–H groups in total. The van der Waals surface area contributed by atoms with Gasteiger partial charge < -0.3 is 14.8 Å². The number of Topliss-reactive ketones (excluding diaryl/α,β-unsaturated/α-hetero) is 1. The van der Waals surface area contributed by atoms with Gasteiger partial charge in [0.15, 0.2) is 5.78 Å². The molecule has 1 aromatic carbocycles. The largest absolute Gasteiger partial charge is 0.488 e. The van der Waals surface area contributed by atoms with E-state index in [1.807, 2.05) is 6.92 Å². The number of thiophene rings is 1. The number of aromatic nitrogens is 2. The van der Waals surface area contributed by atoms with Crippen LogP contribution in [0.2, 0.25) is 0 Å². The molecule has 1 saturated carbocycles. The van der Waals surface area contributed by atoms with Crippen LogP contribution < -0.4 is 10.1 Å². The number of halogens is 1. The predicted molar refractivity (Wildman–Crippen MR) is 116 cm³/mol. The lowest BCUT2D eigenvalue weighted by Crippen LogP contribution is -2.29. The minimum Gasteiger partial charge on any atom is -0.488 e. The number of fused-ring (bicyclic) bond motifs is 1. The van der Waals surface area contributed by atoms with Gasteiger partial charge in [0.05, 0.1) is 22.1 Å². The molecule has 0 bridgehead atoms. The van der Waals surface area contributed by atoms with Crippen molar-refractivity contribution in [3.05, 3.63) is 40.8 Å². The van der Waals surface area contributed by atoms with Crippen LogP contribution in [0.5, 0.6) is 5.75 Å². The molecule has 0 unspecified atom stereocenters. The third-order valence-electron chi connectivity index (χ3n) is 5.45. The number of ether oxygens (including phenoxy) is 2. The summed E-state index contributed by atoms with van der Waals surface area (Å²) in [4.78, 5) is 22.0. The highest BCUT2D eigenvalue weighted by atomic mass is 32.1. The lowest BCUT2D eigenvalue weighted by Gasteiger charge is -2.29. The second kappa shape index (κ2) is 8.65. The predicted octanol–water partition coefficient (Wildman–Crippen LogP) is 5.42. The van der Waals surface area contributed by atoms with E-state index in [4.69, 9.17) is 9.47 Å². The number of aryl methyl sites for hydroxylation is 1. The van der Waals surface area contributed by atoms with Gasteiger partial charge in [-0.05, 0) is 50.8 Å². The van der Waals surface area contributed by atoms with Gasteiger partial charge in [-0.15, -0.1) is 11.3 Å². The molecule has 0 saturated heterocycles. The normalized spacial score (nSPS) is 19.1. The third-order valence-corrected chi connectivity index (χ3v) is 6.75. The Balaban J connectivity index is 1.66. The SMILES string of the molecule is CO[C@@H]1CCC[C@@H](Oc2cc(F)ccc2Nc2ncnc3sc(C(C)=O)c(C)c23)C1. The Morgan fingerprint density at radius 1 is 1.27 bits per heavy atom. The molecule has 2 aromatic heterocycles. The molecule has 1 fully saturated rings. The van der Waals surface area contributed by atoms with E-state index < -0.39 is 0 Å². The number of benzene rings is 1. The van der Waals surface area contributed by atoms with E-state index in [-0.39, 0.29) is 23.8 Å². The Kier molecular flexibility index (Phi) is 5.97. The van der Waals surface area contributed by atoms with Crippen LogP contribution in [-0.4, -0.2) is 35.1 Å². The van der Waals surface area contributed by atoms with Crippen LogP contribution in [-0.2, 0) is 4.74 Å². The van der Waals surface area contributed by atoms with Crippen LogP contribution in [0, 0.1) is 12.7 Å². The van der Waals surface area contributed by atoms with Crippen LogP contribution in [0.3, 0.4) is 0 Å². The maximum absolute atomic E-state index is 14.0. The van der Waals surface area contributed by atoms with Gasteiger partial charge in [0.25, 0.3) is 0 Å². The average Bonchev–Trinajstić information content (AvgIpc) is 3.08. The fourth-order valence-electron chi connectivity index (χ4n) is 3.93. The van der Waals surface area contributed by atoms with Crippen LogP contribution in [0.1, 0.15) is 47.8 Å². The minimum atomic E-state index is -0.368. The van der Waals surface area contributed by atoms with Crippen LogP contribution in [0.25, 0.3) is 10.2 Å². The Morgan fingerprint density at radius 3 is 2.83 bits per heavy atom. The van der Waals surface area contributed by atoms with Crippen molar-refractivity contribution >= 4 is 38.8 Å². The fourth-order valence-corrected chi connectivity index (χ4v) is 4.97. The second-order valence-electron chi connectivity index (χ2n) is 7.54. The summed E-state index contributed by atoms with van der Waals surface area (Å²) >= 11 is 1.35. The Morgan fingerprint density at radius 2 is 2.07 bits per heavy atom. The number of anilines is 2. The summed E-state index contributed by atoms with van der Waals surface area (Å²) in [6, 6.07) is 4.41. The number of nitrogens with zero attached hydrogens (tertiary/aromatic N) is 2. The molecule has 1 aliphatic carbocycles. The van der Waals surface area contributed by atoms with Crippen molar-refractivity contribution in [2.75, 3.05) is 12.4 Å². The first kappa shape index (κ1) is 20.7. The molecule has 0 aliphatic heterocycles. The molecule has 4 rings (SSSR count). The standard InChI is InChI=1S/C22H24FN3O3S/c1-12-19-21(24-11-25-22(19)30-20(12)13(2)27)26-17-8-7-14(23)9-18(17)29-16-6-4-5-15(10-16)28-3/h7-9,11,15-16H,4-6,10H2,1-3H3,(H,24,25,26)/t15-,16-/m1/s1. The van der Waals surface area contributed by atoms with E-state index in [0.717, 1.165) is 41.5 Å². The van der Waals surface area contributed by atoms with Gasteiger partial charge in [-0.2, -0.15) is 0 Å². The number of ketones is 1. The molecule has 1 aliphatic rings. The first-order valence-corrected chi connectivity index (χ1v) is 10.8. The highest BCUT2D eigenvalue weighted by Crippen LogP contribution is 2.37. The van der Waals surface area contributed by atoms with Gasteiger partial charge in [0, 0.05) is 19.6 Å². The lowest BCUT2D eigenvalue weighted by molar-refractivity contribution is 0.0211. The van der Waals surface area contributed by atoms with Gasteiger partial charge in [0.1, 0.15) is 34.6 Å². The van der Waals surface area contributed by atoms with Crippen molar-refractivity contribution in [1.29, 1.82) is 0 Å². The highest BCUT2D eigenvalue weighted by Gasteiger charge is 2.24. The van der Waals surface area contributed by atoms with Crippen LogP contribution >= 0.6 is 11.3 Å². The van der Waals surface area contributed by atoms with Crippen LogP contribution in [0.15, 0.2) is 24.5 Å². The molecule has 30 heavy (non-hydrogen) atoms. The topological polar surface area (TPSA) is 73.3 Å². The Bertz CT molecular complexity index is 1080. The first-order valence-electron chi connectivity index (χ1n) is 9.97. The molecular formula is C22H24FN3O3S. The molecule has 6 nitrogen and oxygen atoms in total. The van der Waals surface area contributed by atoms with Gasteiger partial charge in [-0.25, -0.2) is 14.4 Å². The number of rotatable bonds is 6. The number of hydrogen-bond acceptors (Lipinski definition) is 7. The zero-order valence-electron chi connectivity index (χ0n) is 17.2. The summed E-state index contributed by atoms with van der Waals surface area (Å²) in [5.41, 5.74) is 1.45. The van der Waals surface area contributed by atoms with E-state index in [1.54, 1.807) is 20.1 Å². The summed E-state index contributed by atoms with van der Waals surface area (Å²) in [6.45, 7) is 3.43. The van der Waals surface area contributed by atoms with Gasteiger partial charge in [0.2, 0.25) is 0 Å². The molecule has 0 radical (unpaired) electrons. The zero-order chi connectivity index (χ0) is 21.3. The highest BCUT2D eigenvalue weighted by molar-refractivity contribution is 7.20. The maximum Gasteiger partial charge on any atom is 0.170 e. The van der Waals surface area contributed by atoms with Gasteiger partial charge >= 0.3 is 0 Å². The fraction of sp³-hybridized carbons (Fsp3) is 0.409. The molecular weight excluding hydrogens is 405 g/mol. The summed E-state index contributed by atoms with van der Waals surface area (Å²) in [7, 11) is 1.71. The number of carbonyl (C=O) groups excluding carboxylic acids is 1. The van der Waals surface area contributed by atoms with Crippen molar-refractivity contribution < 1.29 is 18.7 Å². The summed E-state index contributed by atoms with van der Waals surface area (Å²) in [5, 5.41) is 4.06. The number of carbonyl (C=O) groups is 1. The average molecular weight is 430 g/mol. The van der Waals surface area contributed by atoms with E-state index in [9.17, 15) is 9.18 Å². The van der Waals surface area contributed by atoms with E-state index in [0.29, 0.717) is 22.1 Å². The summed E-state index contributed by atoms with van der Waals surface area (Å²) in [5.74, 6) is 0.629. The molecule has 2 atom stereocenters. The number of nitrogens with one attached hydrogen (secondary N) is 1. The molecule has 0 spiro atoms. The maximum atomic E-state index is 14.0. The summed E-state index contributed by atoms with van der Waals surface area (Å²) in [6.07, 6.45) is 5.28. The second-order valence-corrected chi connectivity index (χ2v) is 8.54. The molecule has 3 aromatic rings. The third kappa shape index (κ3) is 4.15. The number of hydrogen-bond donors (Lipinski definition) is 1. The first-order chi connectivity index (χ1) is 14.5. The smallest absolute Gasteiger partial charge is 0.170 e. The quantitative estimate of drug-likeness (QED) is 0.528. The van der Waals surface area contributed by atoms with E-state index in [1.165, 1.54) is 29.8 Å². The zero-order valence-corrected chi connectivity index (χ0v) is 18.0. The van der Waals surface area contributed by atoms with Gasteiger partial charge in [-0.1, -0.05) is 0 Å². The van der Waals surface area contributed by atoms with Crippen LogP contribution in [0.4, 0.5) is 15.9 Å². The minimum absolute atomic E-state index is 0.00255. The monoisotopic (exact) mass is 429 g/mol.